The van der Waals surface area contributed by atoms with Gasteiger partial charge in [-0.2, -0.15) is 11.3 Å². The van der Waals surface area contributed by atoms with Gasteiger partial charge >= 0.3 is 35.8 Å². The van der Waals surface area contributed by atoms with E-state index in [2.05, 4.69) is 9.97 Å². The molecule has 0 bridgehead atoms. The number of hydrogen-bond donors (Lipinski definition) is 6. The summed E-state index contributed by atoms with van der Waals surface area (Å²) >= 11 is 3.16. The summed E-state index contributed by atoms with van der Waals surface area (Å²) in [6.07, 6.45) is 7.11. The fourth-order valence-electron chi connectivity index (χ4n) is 10.6. The number of carbonyl (C=O) groups excluding carboxylic acids is 6. The van der Waals surface area contributed by atoms with Crippen LogP contribution in [0.4, 0.5) is 4.39 Å². The summed E-state index contributed by atoms with van der Waals surface area (Å²) < 4.78 is 18.5. The van der Waals surface area contributed by atoms with Crippen molar-refractivity contribution in [2.24, 2.45) is 35.5 Å². The number of carboxylic acid groups (broad SMARTS) is 6. The van der Waals surface area contributed by atoms with E-state index in [0.717, 1.165) is 21.7 Å². The third-order valence-corrected chi connectivity index (χ3v) is 17.3. The molecular formula is C64H69FN8O19S2. The minimum Gasteiger partial charge on any atom is -0.481 e. The summed E-state index contributed by atoms with van der Waals surface area (Å²) in [6, 6.07) is 24.6. The number of thiophene rings is 2. The summed E-state index contributed by atoms with van der Waals surface area (Å²) in [7, 11) is 0. The molecule has 5 aromatic heterocycles. The van der Waals surface area contributed by atoms with Gasteiger partial charge in [0.15, 0.2) is 0 Å². The summed E-state index contributed by atoms with van der Waals surface area (Å²) in [5, 5.41) is 58.7. The Morgan fingerprint density at radius 3 is 1.28 bits per heavy atom. The molecule has 6 N–H and O–H groups in total. The van der Waals surface area contributed by atoms with Crippen LogP contribution in [0.5, 0.6) is 0 Å². The van der Waals surface area contributed by atoms with Crippen LogP contribution in [-0.2, 0) is 96.8 Å². The Morgan fingerprint density at radius 1 is 0.447 bits per heavy atom. The van der Waals surface area contributed by atoms with Crippen molar-refractivity contribution < 1.29 is 97.0 Å². The average molecular weight is 1340 g/mol. The molecule has 0 saturated carbocycles. The number of aromatic nitrogens is 2. The van der Waals surface area contributed by atoms with Crippen molar-refractivity contribution in [1.82, 2.24) is 39.4 Å². The zero-order valence-electron chi connectivity index (χ0n) is 50.6. The van der Waals surface area contributed by atoms with Crippen LogP contribution in [0.2, 0.25) is 0 Å². The van der Waals surface area contributed by atoms with Gasteiger partial charge in [-0.15, -0.1) is 11.3 Å². The Bertz CT molecular complexity index is 3350. The molecule has 6 aromatic rings. The molecule has 12 rings (SSSR count). The number of pyridine rings is 2. The van der Waals surface area contributed by atoms with Crippen molar-refractivity contribution in [2.75, 3.05) is 39.3 Å². The molecule has 6 saturated heterocycles. The minimum absolute atomic E-state index is 0.00376. The maximum absolute atomic E-state index is 13.4. The number of halogens is 1. The number of nitrogens with zero attached hydrogens (tertiary/aromatic N) is 8. The fourth-order valence-corrected chi connectivity index (χ4v) is 11.9. The average Bonchev–Trinajstić information content (AvgIpc) is 1.81. The second-order valence-electron chi connectivity index (χ2n) is 22.6. The van der Waals surface area contributed by atoms with E-state index in [1.165, 1.54) is 22.1 Å². The molecule has 6 aliphatic rings. The third kappa shape index (κ3) is 21.4. The quantitative estimate of drug-likeness (QED) is 0.0630. The predicted octanol–water partition coefficient (Wildman–Crippen LogP) is 5.36. The van der Waals surface area contributed by atoms with Crippen LogP contribution in [0, 0.1) is 41.3 Å². The van der Waals surface area contributed by atoms with Gasteiger partial charge in [0, 0.05) is 126 Å². The normalized spacial score (nSPS) is 20.4. The lowest BCUT2D eigenvalue weighted by Gasteiger charge is -2.16. The molecule has 30 heteroatoms. The Balaban J connectivity index is 0.000000160. The number of likely N-dealkylation sites (tertiary alicyclic amines) is 6. The van der Waals surface area contributed by atoms with E-state index in [4.69, 9.17) is 35.1 Å². The van der Waals surface area contributed by atoms with Crippen LogP contribution in [-0.4, -0.2) is 181 Å². The zero-order valence-corrected chi connectivity index (χ0v) is 52.2. The van der Waals surface area contributed by atoms with Crippen molar-refractivity contribution in [3.05, 3.63) is 165 Å². The van der Waals surface area contributed by atoms with Crippen molar-refractivity contribution in [3.63, 3.8) is 0 Å². The molecule has 498 valence electrons. The lowest BCUT2D eigenvalue weighted by atomic mass is 10.1. The maximum Gasteiger partial charge on any atom is 0.308 e. The molecule has 94 heavy (non-hydrogen) atoms. The first-order chi connectivity index (χ1) is 44.9. The van der Waals surface area contributed by atoms with E-state index >= 15 is 0 Å². The van der Waals surface area contributed by atoms with Gasteiger partial charge < -0.3 is 64.5 Å². The first kappa shape index (κ1) is 71.2. The van der Waals surface area contributed by atoms with Gasteiger partial charge in [-0.1, -0.05) is 36.4 Å². The fraction of sp³-hybridized carbons (Fsp3) is 0.375. The Hall–Kier alpha value is -10.2. The molecule has 6 atom stereocenters. The summed E-state index contributed by atoms with van der Waals surface area (Å²) in [5.41, 5.74) is 3.18. The zero-order chi connectivity index (χ0) is 68.0. The number of benzene rings is 1. The van der Waals surface area contributed by atoms with Gasteiger partial charge in [-0.05, 0) is 75.8 Å². The number of amides is 6. The Morgan fingerprint density at radius 2 is 0.894 bits per heavy atom. The van der Waals surface area contributed by atoms with Gasteiger partial charge in [0.05, 0.1) is 67.1 Å². The molecule has 6 aliphatic heterocycles. The van der Waals surface area contributed by atoms with Gasteiger partial charge in [0.2, 0.25) is 35.4 Å². The summed E-state index contributed by atoms with van der Waals surface area (Å²) in [5.74, 6) is -9.30. The van der Waals surface area contributed by atoms with Gasteiger partial charge in [0.25, 0.3) is 0 Å². The summed E-state index contributed by atoms with van der Waals surface area (Å²) in [6.45, 7) is 4.08. The topological polar surface area (TPSA) is 385 Å². The van der Waals surface area contributed by atoms with Gasteiger partial charge in [0.1, 0.15) is 11.6 Å². The Kier molecular flexibility index (Phi) is 26.1. The molecule has 6 fully saturated rings. The number of aliphatic carboxylic acids is 6. The number of rotatable bonds is 18. The molecule has 27 nitrogen and oxygen atoms in total. The van der Waals surface area contributed by atoms with Gasteiger partial charge in [-0.3, -0.25) is 67.5 Å². The van der Waals surface area contributed by atoms with E-state index in [-0.39, 0.29) is 106 Å². The lowest BCUT2D eigenvalue weighted by molar-refractivity contribution is -0.142. The van der Waals surface area contributed by atoms with E-state index in [1.807, 2.05) is 52.5 Å². The molecule has 0 aliphatic carbocycles. The second kappa shape index (κ2) is 34.4. The lowest BCUT2D eigenvalue weighted by Crippen LogP contribution is -2.26. The molecular weight excluding hydrogens is 1270 g/mol. The number of carboxylic acids is 6. The molecule has 1 aromatic carbocycles. The molecule has 0 radical (unpaired) electrons. The van der Waals surface area contributed by atoms with E-state index in [0.29, 0.717) is 63.7 Å². The maximum atomic E-state index is 13.4. The van der Waals surface area contributed by atoms with Crippen LogP contribution < -0.4 is 0 Å². The summed E-state index contributed by atoms with van der Waals surface area (Å²) in [4.78, 5) is 152. The molecule has 11 heterocycles. The van der Waals surface area contributed by atoms with E-state index < -0.39 is 71.3 Å². The number of hydrogen-bond acceptors (Lipinski definition) is 17. The van der Waals surface area contributed by atoms with Crippen LogP contribution in [0.1, 0.15) is 71.5 Å². The SMILES string of the molecule is O=C(O)C1CC(=O)N(Cc2ccccc2F)C1.O=C(O)C1CC(=O)N(Cc2ccccn2)C1.O=C(O)C1CC(=O)N(Cc2cccnc2)C1.O=C(O)C1CC(=O)N(Cc2ccco2)C1.O=C(O)C1CC(=O)N(Cc2cccs2)C1.O=C(O)C1CC(=O)N(Cc2ccsc2)C1. The predicted molar refractivity (Wildman–Crippen MR) is 329 cm³/mol. The standard InChI is InChI=1S/C12H12FNO3.2C11H12N2O3.C10H11NO4.2C10H11NO3S/c13-10-4-2-1-3-8(10)6-14-7-9(12(16)17)5-11(14)15;14-10-4-9(11(15)16)7-13(10)6-8-2-1-3-12-5-8;14-10-5-8(11(15)16)6-13(10)7-9-3-1-2-4-12-9;12-9-4-7(10(13)14)5-11(9)6-8-2-1-3-15-8;12-9-3-8(10(13)14)5-11(9)4-7-1-2-15-6-7;12-9-4-7(10(13)14)5-11(9)6-8-2-1-3-15-8/h1-4,9H,5-7H2,(H,16,17);1-3,5,9H,4,6-7H2,(H,15,16);1-4,8H,5-7H2,(H,15,16);1-3,7H,4-6H2,(H,13,14);1-2,6,8H,3-5H2,(H,13,14);1-3,7H,4-6H2,(H,13,14). The molecule has 6 unspecified atom stereocenters. The van der Waals surface area contributed by atoms with E-state index in [1.54, 1.807) is 103 Å². The largest absolute Gasteiger partial charge is 0.481 e. The highest BCUT2D eigenvalue weighted by Crippen LogP contribution is 2.26. The first-order valence-electron chi connectivity index (χ1n) is 29.5. The van der Waals surface area contributed by atoms with Crippen molar-refractivity contribution >= 4 is 93.9 Å². The van der Waals surface area contributed by atoms with Crippen LogP contribution in [0.15, 0.2) is 130 Å². The highest BCUT2D eigenvalue weighted by Gasteiger charge is 2.39. The molecule has 0 spiro atoms. The van der Waals surface area contributed by atoms with Crippen LogP contribution in [0.3, 0.4) is 0 Å². The highest BCUT2D eigenvalue weighted by atomic mass is 32.1. The Labute approximate surface area is 545 Å². The second-order valence-corrected chi connectivity index (χ2v) is 24.5. The smallest absolute Gasteiger partial charge is 0.308 e. The first-order valence-corrected chi connectivity index (χ1v) is 31.3. The monoisotopic (exact) mass is 1340 g/mol. The van der Waals surface area contributed by atoms with Crippen LogP contribution >= 0.6 is 22.7 Å². The van der Waals surface area contributed by atoms with Crippen molar-refractivity contribution in [1.29, 1.82) is 0 Å². The van der Waals surface area contributed by atoms with Crippen molar-refractivity contribution in [2.45, 2.75) is 77.8 Å². The third-order valence-electron chi connectivity index (χ3n) is 15.7. The van der Waals surface area contributed by atoms with Crippen molar-refractivity contribution in [3.8, 4) is 0 Å². The van der Waals surface area contributed by atoms with Gasteiger partial charge in [-0.25, -0.2) is 4.39 Å². The highest BCUT2D eigenvalue weighted by molar-refractivity contribution is 7.09. The number of carbonyl (C=O) groups is 12. The minimum atomic E-state index is -0.977. The van der Waals surface area contributed by atoms with E-state index in [9.17, 15) is 61.9 Å². The molecule has 6 amide bonds. The van der Waals surface area contributed by atoms with Crippen LogP contribution in [0.25, 0.3) is 0 Å². The number of furan rings is 1.